The van der Waals surface area contributed by atoms with Gasteiger partial charge in [-0.2, -0.15) is 0 Å². The summed E-state index contributed by atoms with van der Waals surface area (Å²) in [4.78, 5) is 35.3. The zero-order valence-electron chi connectivity index (χ0n) is 12.5. The molecule has 0 bridgehead atoms. The number of ketones is 1. The highest BCUT2D eigenvalue weighted by molar-refractivity contribution is 6.16. The fourth-order valence-electron chi connectivity index (χ4n) is 1.99. The van der Waals surface area contributed by atoms with E-state index in [1.54, 1.807) is 37.3 Å². The Balaban J connectivity index is 2.88. The predicted molar refractivity (Wildman–Crippen MR) is 81.1 cm³/mol. The van der Waals surface area contributed by atoms with Gasteiger partial charge in [0.15, 0.2) is 11.3 Å². The molecule has 22 heavy (non-hydrogen) atoms. The van der Waals surface area contributed by atoms with Crippen molar-refractivity contribution in [3.05, 3.63) is 35.9 Å². The molecule has 0 radical (unpaired) electrons. The van der Waals surface area contributed by atoms with Crippen LogP contribution in [0.25, 0.3) is 0 Å². The Morgan fingerprint density at radius 1 is 1.23 bits per heavy atom. The van der Waals surface area contributed by atoms with Crippen LogP contribution < -0.4 is 16.8 Å². The number of Topliss-reactive ketones (excluding diaryl/α,β-unsaturated/α-hetero) is 1. The van der Waals surface area contributed by atoms with Gasteiger partial charge in [0.05, 0.1) is 6.61 Å². The van der Waals surface area contributed by atoms with Gasteiger partial charge in [0.25, 0.3) is 0 Å². The van der Waals surface area contributed by atoms with Gasteiger partial charge in [-0.15, -0.1) is 0 Å². The largest absolute Gasteiger partial charge is 0.464 e. The third-order valence-electron chi connectivity index (χ3n) is 3.13. The normalized spacial score (nSPS) is 13.0. The summed E-state index contributed by atoms with van der Waals surface area (Å²) in [5.74, 6) is -1.28. The van der Waals surface area contributed by atoms with E-state index in [1.807, 2.05) is 0 Å². The summed E-state index contributed by atoms with van der Waals surface area (Å²) in [7, 11) is 0. The van der Waals surface area contributed by atoms with Gasteiger partial charge >= 0.3 is 12.0 Å². The SMILES string of the molecule is CCOC(=O)C(N)(CCCNC(N)=O)C(=O)c1ccccc1. The van der Waals surface area contributed by atoms with Crippen LogP contribution in [-0.4, -0.2) is 36.5 Å². The molecule has 0 aliphatic heterocycles. The molecule has 120 valence electrons. The molecule has 1 aromatic carbocycles. The van der Waals surface area contributed by atoms with Crippen LogP contribution in [-0.2, 0) is 9.53 Å². The summed E-state index contributed by atoms with van der Waals surface area (Å²) in [5, 5.41) is 2.39. The molecule has 0 aromatic heterocycles. The lowest BCUT2D eigenvalue weighted by Crippen LogP contribution is -2.56. The fraction of sp³-hybridized carbons (Fsp3) is 0.400. The van der Waals surface area contributed by atoms with Crippen molar-refractivity contribution >= 4 is 17.8 Å². The number of carbonyl (C=O) groups excluding carboxylic acids is 3. The summed E-state index contributed by atoms with van der Waals surface area (Å²) in [6, 6.07) is 7.64. The van der Waals surface area contributed by atoms with Crippen LogP contribution in [0.3, 0.4) is 0 Å². The summed E-state index contributed by atoms with van der Waals surface area (Å²) in [6.07, 6.45) is 0.358. The lowest BCUT2D eigenvalue weighted by molar-refractivity contribution is -0.147. The Kier molecular flexibility index (Phi) is 6.52. The number of nitrogens with two attached hydrogens (primary N) is 2. The minimum atomic E-state index is -1.78. The molecular formula is C15H21N3O4. The first-order chi connectivity index (χ1) is 10.4. The molecule has 0 aliphatic rings. The van der Waals surface area contributed by atoms with Gasteiger partial charge in [0.2, 0.25) is 0 Å². The molecule has 0 aliphatic carbocycles. The Hall–Kier alpha value is -2.41. The van der Waals surface area contributed by atoms with E-state index in [1.165, 1.54) is 0 Å². The van der Waals surface area contributed by atoms with Crippen molar-refractivity contribution in [2.45, 2.75) is 25.3 Å². The summed E-state index contributed by atoms with van der Waals surface area (Å²) in [6.45, 7) is 1.98. The highest BCUT2D eigenvalue weighted by atomic mass is 16.5. The van der Waals surface area contributed by atoms with E-state index in [2.05, 4.69) is 5.32 Å². The molecular weight excluding hydrogens is 286 g/mol. The second-order valence-electron chi connectivity index (χ2n) is 4.78. The molecule has 7 nitrogen and oxygen atoms in total. The van der Waals surface area contributed by atoms with Crippen LogP contribution in [0.1, 0.15) is 30.1 Å². The monoisotopic (exact) mass is 307 g/mol. The molecule has 7 heteroatoms. The Morgan fingerprint density at radius 3 is 2.41 bits per heavy atom. The van der Waals surface area contributed by atoms with E-state index in [0.29, 0.717) is 12.0 Å². The molecule has 0 spiro atoms. The summed E-state index contributed by atoms with van der Waals surface area (Å²) >= 11 is 0. The molecule has 1 aromatic rings. The van der Waals surface area contributed by atoms with E-state index in [-0.39, 0.29) is 19.6 Å². The lowest BCUT2D eigenvalue weighted by atomic mass is 9.86. The average Bonchev–Trinajstić information content (AvgIpc) is 2.51. The maximum Gasteiger partial charge on any atom is 0.334 e. The highest BCUT2D eigenvalue weighted by Gasteiger charge is 2.43. The van der Waals surface area contributed by atoms with Crippen LogP contribution in [0.5, 0.6) is 0 Å². The van der Waals surface area contributed by atoms with Crippen LogP contribution in [0.2, 0.25) is 0 Å². The van der Waals surface area contributed by atoms with E-state index < -0.39 is 23.3 Å². The minimum Gasteiger partial charge on any atom is -0.464 e. The number of nitrogens with one attached hydrogen (secondary N) is 1. The van der Waals surface area contributed by atoms with Gasteiger partial charge in [-0.05, 0) is 19.8 Å². The second kappa shape index (κ2) is 8.14. The van der Waals surface area contributed by atoms with Crippen LogP contribution in [0.4, 0.5) is 4.79 Å². The van der Waals surface area contributed by atoms with Crippen molar-refractivity contribution in [2.75, 3.05) is 13.2 Å². The third-order valence-corrected chi connectivity index (χ3v) is 3.13. The van der Waals surface area contributed by atoms with Crippen molar-refractivity contribution in [3.63, 3.8) is 0 Å². The first kappa shape index (κ1) is 17.6. The number of hydrogen-bond donors (Lipinski definition) is 3. The predicted octanol–water partition coefficient (Wildman–Crippen LogP) is 0.578. The van der Waals surface area contributed by atoms with Crippen molar-refractivity contribution in [1.29, 1.82) is 0 Å². The Labute approximate surface area is 129 Å². The number of amides is 2. The van der Waals surface area contributed by atoms with Crippen molar-refractivity contribution < 1.29 is 19.1 Å². The first-order valence-electron chi connectivity index (χ1n) is 7.01. The zero-order valence-corrected chi connectivity index (χ0v) is 12.5. The number of primary amides is 1. The van der Waals surface area contributed by atoms with Crippen molar-refractivity contribution in [2.24, 2.45) is 11.5 Å². The summed E-state index contributed by atoms with van der Waals surface area (Å²) < 4.78 is 4.93. The Bertz CT molecular complexity index is 533. The number of benzene rings is 1. The quantitative estimate of drug-likeness (QED) is 0.280. The third kappa shape index (κ3) is 4.56. The van der Waals surface area contributed by atoms with Gasteiger partial charge in [-0.3, -0.25) is 4.79 Å². The maximum absolute atomic E-state index is 12.6. The van der Waals surface area contributed by atoms with Crippen molar-refractivity contribution in [1.82, 2.24) is 5.32 Å². The lowest BCUT2D eigenvalue weighted by Gasteiger charge is -2.25. The van der Waals surface area contributed by atoms with Crippen LogP contribution in [0.15, 0.2) is 30.3 Å². The van der Waals surface area contributed by atoms with E-state index in [4.69, 9.17) is 16.2 Å². The molecule has 1 rings (SSSR count). The number of carbonyl (C=O) groups is 3. The molecule has 1 atom stereocenters. The molecule has 0 saturated carbocycles. The maximum atomic E-state index is 12.6. The topological polar surface area (TPSA) is 125 Å². The standard InChI is InChI=1S/C15H21N3O4/c1-2-22-13(20)15(17,9-6-10-18-14(16)21)12(19)11-7-4-3-5-8-11/h3-5,7-8H,2,6,9-10,17H2,1H3,(H3,16,18,21). The van der Waals surface area contributed by atoms with E-state index in [0.717, 1.165) is 0 Å². The van der Waals surface area contributed by atoms with Crippen LogP contribution >= 0.6 is 0 Å². The molecule has 5 N–H and O–H groups in total. The number of esters is 1. The van der Waals surface area contributed by atoms with Gasteiger partial charge in [-0.1, -0.05) is 30.3 Å². The number of hydrogen-bond acceptors (Lipinski definition) is 5. The second-order valence-corrected chi connectivity index (χ2v) is 4.78. The molecule has 0 saturated heterocycles. The van der Waals surface area contributed by atoms with E-state index in [9.17, 15) is 14.4 Å². The van der Waals surface area contributed by atoms with Gasteiger partial charge in [0, 0.05) is 12.1 Å². The summed E-state index contributed by atoms with van der Waals surface area (Å²) in [5.41, 5.74) is 9.57. The number of urea groups is 1. The fourth-order valence-corrected chi connectivity index (χ4v) is 1.99. The van der Waals surface area contributed by atoms with Crippen LogP contribution in [0, 0.1) is 0 Å². The highest BCUT2D eigenvalue weighted by Crippen LogP contribution is 2.19. The van der Waals surface area contributed by atoms with Crippen molar-refractivity contribution in [3.8, 4) is 0 Å². The van der Waals surface area contributed by atoms with Gasteiger partial charge in [-0.25, -0.2) is 9.59 Å². The molecule has 1 unspecified atom stereocenters. The average molecular weight is 307 g/mol. The Morgan fingerprint density at radius 2 is 1.86 bits per heavy atom. The first-order valence-corrected chi connectivity index (χ1v) is 7.01. The molecule has 2 amide bonds. The smallest absolute Gasteiger partial charge is 0.334 e. The van der Waals surface area contributed by atoms with E-state index >= 15 is 0 Å². The molecule has 0 fully saturated rings. The number of rotatable bonds is 8. The minimum absolute atomic E-state index is 0.0415. The van der Waals surface area contributed by atoms with Gasteiger partial charge in [0.1, 0.15) is 0 Å². The number of ether oxygens (including phenoxy) is 1. The molecule has 0 heterocycles. The van der Waals surface area contributed by atoms with Gasteiger partial charge < -0.3 is 21.5 Å². The zero-order chi connectivity index (χ0) is 16.6.